The lowest BCUT2D eigenvalue weighted by molar-refractivity contribution is 0.465. The van der Waals surface area contributed by atoms with Gasteiger partial charge in [0.1, 0.15) is 28.3 Å². The fourth-order valence-corrected chi connectivity index (χ4v) is 9.71. The molecule has 0 spiro atoms. The average Bonchev–Trinajstić information content (AvgIpc) is 3.09. The van der Waals surface area contributed by atoms with Gasteiger partial charge in [0.2, 0.25) is 0 Å². The highest BCUT2D eigenvalue weighted by atomic mass is 31.2. The van der Waals surface area contributed by atoms with Gasteiger partial charge in [0.15, 0.2) is 7.14 Å². The maximum atomic E-state index is 15.8. The van der Waals surface area contributed by atoms with E-state index in [1.807, 2.05) is 78.9 Å². The van der Waals surface area contributed by atoms with Crippen LogP contribution in [0.25, 0.3) is 44.2 Å². The van der Waals surface area contributed by atoms with Crippen molar-refractivity contribution >= 4 is 33.8 Å². The third-order valence-corrected chi connectivity index (χ3v) is 11.8. The van der Waals surface area contributed by atoms with E-state index in [0.29, 0.717) is 38.9 Å². The maximum Gasteiger partial charge on any atom is 0.185 e. The number of para-hydroxylation sites is 1. The van der Waals surface area contributed by atoms with Crippen molar-refractivity contribution in [2.75, 3.05) is 0 Å². The first-order chi connectivity index (χ1) is 21.7. The van der Waals surface area contributed by atoms with Gasteiger partial charge in [0.25, 0.3) is 0 Å². The minimum Gasteiger partial charge on any atom is -0.456 e. The largest absolute Gasteiger partial charge is 0.456 e. The second-order valence-electron chi connectivity index (χ2n) is 11.2. The van der Waals surface area contributed by atoms with Crippen LogP contribution in [0.1, 0.15) is 0 Å². The van der Waals surface area contributed by atoms with Crippen molar-refractivity contribution in [1.82, 2.24) is 0 Å². The highest BCUT2D eigenvalue weighted by molar-refractivity contribution is 7.86. The molecule has 44 heavy (non-hydrogen) atoms. The van der Waals surface area contributed by atoms with Crippen LogP contribution in [0, 0.1) is 0 Å². The summed E-state index contributed by atoms with van der Waals surface area (Å²) in [7, 11) is -3.36. The summed E-state index contributed by atoms with van der Waals surface area (Å²) in [6.07, 6.45) is 0. The van der Waals surface area contributed by atoms with Gasteiger partial charge < -0.3 is 14.0 Å². The quantitative estimate of drug-likeness (QED) is 0.194. The lowest BCUT2D eigenvalue weighted by atomic mass is 9.93. The van der Waals surface area contributed by atoms with Crippen molar-refractivity contribution in [3.8, 4) is 56.4 Å². The van der Waals surface area contributed by atoms with E-state index in [0.717, 1.165) is 44.2 Å². The molecule has 208 valence electrons. The molecule has 7 aromatic rings. The summed E-state index contributed by atoms with van der Waals surface area (Å²) in [4.78, 5) is 0. The Morgan fingerprint density at radius 3 is 1.82 bits per heavy atom. The molecule has 2 aliphatic rings. The standard InChI is InChI=1S/C40H25O3P/c41-44-36-18-10-9-17-34(36)42-35-21-20-33(39(40(35)44)43-38-32-16-8-7-15-28(32)19-22-37(38)44)31-24-29(26-11-3-1-4-12-26)23-30(25-31)27-13-5-2-6-14-27/h1-25H. The molecule has 0 N–H and O–H groups in total. The van der Waals surface area contributed by atoms with Crippen LogP contribution < -0.4 is 25.4 Å². The summed E-state index contributed by atoms with van der Waals surface area (Å²) in [6.45, 7) is 0. The predicted molar refractivity (Wildman–Crippen MR) is 180 cm³/mol. The zero-order valence-electron chi connectivity index (χ0n) is 23.6. The molecule has 0 saturated carbocycles. The van der Waals surface area contributed by atoms with Crippen LogP contribution in [-0.4, -0.2) is 0 Å². The molecule has 2 heterocycles. The predicted octanol–water partition coefficient (Wildman–Crippen LogP) is 9.69. The summed E-state index contributed by atoms with van der Waals surface area (Å²) in [5, 5.41) is 4.02. The number of hydrogen-bond donors (Lipinski definition) is 0. The first-order valence-electron chi connectivity index (χ1n) is 14.7. The van der Waals surface area contributed by atoms with E-state index in [1.165, 1.54) is 0 Å². The summed E-state index contributed by atoms with van der Waals surface area (Å²) in [5.74, 6) is 2.44. The van der Waals surface area contributed by atoms with Crippen molar-refractivity contribution in [2.24, 2.45) is 0 Å². The lowest BCUT2D eigenvalue weighted by Gasteiger charge is -2.36. The molecule has 0 fully saturated rings. The monoisotopic (exact) mass is 584 g/mol. The zero-order chi connectivity index (χ0) is 29.3. The molecule has 1 unspecified atom stereocenters. The van der Waals surface area contributed by atoms with Crippen LogP contribution in [0.2, 0.25) is 0 Å². The smallest absolute Gasteiger partial charge is 0.185 e. The molecule has 0 bridgehead atoms. The fraction of sp³-hybridized carbons (Fsp3) is 0. The van der Waals surface area contributed by atoms with Gasteiger partial charge >= 0.3 is 0 Å². The maximum absolute atomic E-state index is 15.8. The van der Waals surface area contributed by atoms with E-state index in [1.54, 1.807) is 0 Å². The molecule has 9 rings (SSSR count). The third-order valence-electron chi connectivity index (χ3n) is 8.69. The van der Waals surface area contributed by atoms with E-state index in [9.17, 15) is 0 Å². The summed E-state index contributed by atoms with van der Waals surface area (Å²) >= 11 is 0. The van der Waals surface area contributed by atoms with Gasteiger partial charge in [-0.3, -0.25) is 0 Å². The van der Waals surface area contributed by atoms with Crippen molar-refractivity contribution < 1.29 is 14.0 Å². The van der Waals surface area contributed by atoms with Crippen LogP contribution in [0.4, 0.5) is 0 Å². The van der Waals surface area contributed by atoms with E-state index < -0.39 is 7.14 Å². The third kappa shape index (κ3) is 3.67. The van der Waals surface area contributed by atoms with Gasteiger partial charge in [-0.1, -0.05) is 103 Å². The Bertz CT molecular complexity index is 2250. The Kier molecular flexibility index (Phi) is 5.47. The molecular formula is C40H25O3P. The number of ether oxygens (including phenoxy) is 2. The van der Waals surface area contributed by atoms with Crippen LogP contribution in [0.15, 0.2) is 152 Å². The lowest BCUT2D eigenvalue weighted by Crippen LogP contribution is -2.35. The van der Waals surface area contributed by atoms with Gasteiger partial charge in [-0.2, -0.15) is 0 Å². The Balaban J connectivity index is 1.35. The molecular weight excluding hydrogens is 559 g/mol. The first-order valence-corrected chi connectivity index (χ1v) is 16.4. The molecule has 4 heteroatoms. The van der Waals surface area contributed by atoms with E-state index in [2.05, 4.69) is 72.8 Å². The molecule has 1 atom stereocenters. The topological polar surface area (TPSA) is 35.5 Å². The van der Waals surface area contributed by atoms with Crippen molar-refractivity contribution in [3.63, 3.8) is 0 Å². The SMILES string of the molecule is O=P12c3ccccc3Oc3ccc(-c4cc(-c5ccccc5)cc(-c5ccccc5)c4)c(c31)Oc1c2ccc2ccccc12. The molecule has 0 amide bonds. The van der Waals surface area contributed by atoms with Crippen LogP contribution >= 0.6 is 7.14 Å². The van der Waals surface area contributed by atoms with Crippen LogP contribution in [0.3, 0.4) is 0 Å². The minimum atomic E-state index is -3.36. The Labute approximate surface area is 255 Å². The highest BCUT2D eigenvalue weighted by Crippen LogP contribution is 2.60. The van der Waals surface area contributed by atoms with Gasteiger partial charge in [-0.25, -0.2) is 0 Å². The van der Waals surface area contributed by atoms with Crippen LogP contribution in [0.5, 0.6) is 23.0 Å². The van der Waals surface area contributed by atoms with E-state index in [-0.39, 0.29) is 0 Å². The summed E-state index contributed by atoms with van der Waals surface area (Å²) < 4.78 is 29.1. The van der Waals surface area contributed by atoms with Crippen molar-refractivity contribution in [1.29, 1.82) is 0 Å². The van der Waals surface area contributed by atoms with Crippen molar-refractivity contribution in [3.05, 3.63) is 152 Å². The molecule has 0 aromatic heterocycles. The second-order valence-corrected chi connectivity index (χ2v) is 13.9. The first kappa shape index (κ1) is 25.2. The molecule has 2 aliphatic heterocycles. The minimum absolute atomic E-state index is 0.576. The Morgan fingerprint density at radius 1 is 0.432 bits per heavy atom. The number of fused-ring (bicyclic) bond motifs is 6. The van der Waals surface area contributed by atoms with Crippen molar-refractivity contribution in [2.45, 2.75) is 0 Å². The Morgan fingerprint density at radius 2 is 1.07 bits per heavy atom. The zero-order valence-corrected chi connectivity index (χ0v) is 24.5. The Hall–Kier alpha value is -5.37. The number of rotatable bonds is 3. The second kappa shape index (κ2) is 9.57. The van der Waals surface area contributed by atoms with Gasteiger partial charge in [0, 0.05) is 10.9 Å². The summed E-state index contributed by atoms with van der Waals surface area (Å²) in [6, 6.07) is 51.3. The molecule has 0 saturated heterocycles. The van der Waals surface area contributed by atoms with Gasteiger partial charge in [0.05, 0.1) is 10.6 Å². The molecule has 0 aliphatic carbocycles. The van der Waals surface area contributed by atoms with Crippen LogP contribution in [-0.2, 0) is 4.57 Å². The summed E-state index contributed by atoms with van der Waals surface area (Å²) in [5.41, 5.74) is 6.30. The molecule has 0 radical (unpaired) electrons. The fourth-order valence-electron chi connectivity index (χ4n) is 6.62. The number of hydrogen-bond acceptors (Lipinski definition) is 3. The highest BCUT2D eigenvalue weighted by Gasteiger charge is 2.47. The van der Waals surface area contributed by atoms with E-state index >= 15 is 4.57 Å². The average molecular weight is 585 g/mol. The number of benzene rings is 7. The van der Waals surface area contributed by atoms with Gasteiger partial charge in [-0.05, 0) is 81.7 Å². The normalized spacial score (nSPS) is 15.8. The molecule has 7 aromatic carbocycles. The van der Waals surface area contributed by atoms with Gasteiger partial charge in [-0.15, -0.1) is 0 Å². The van der Waals surface area contributed by atoms with E-state index in [4.69, 9.17) is 9.47 Å². The molecule has 3 nitrogen and oxygen atoms in total.